The molecule has 0 aliphatic carbocycles. The summed E-state index contributed by atoms with van der Waals surface area (Å²) < 4.78 is 27.6. The van der Waals surface area contributed by atoms with E-state index in [1.165, 1.54) is 48.5 Å². The molecule has 0 unspecified atom stereocenters. The standard InChI is InChI=1S/C21H14Cl2N2O4S/c1-12-10-15(24-30(28,29)16-6-2-13(22)3-7-16)5-9-19(12)25-20(26)17-8-4-14(23)11-18(17)21(25)27/h2-11,24H,1H3. The minimum Gasteiger partial charge on any atom is -0.280 e. The van der Waals surface area contributed by atoms with Crippen LogP contribution in [-0.4, -0.2) is 20.2 Å². The van der Waals surface area contributed by atoms with E-state index in [0.717, 1.165) is 4.90 Å². The summed E-state index contributed by atoms with van der Waals surface area (Å²) in [7, 11) is -3.82. The Morgan fingerprint density at radius 1 is 0.800 bits per heavy atom. The molecule has 3 aromatic rings. The molecule has 0 radical (unpaired) electrons. The number of sulfonamides is 1. The summed E-state index contributed by atoms with van der Waals surface area (Å²) in [6.45, 7) is 1.69. The molecule has 2 amide bonds. The average Bonchev–Trinajstić information content (AvgIpc) is 2.92. The van der Waals surface area contributed by atoms with Crippen LogP contribution in [0.2, 0.25) is 10.0 Å². The zero-order valence-electron chi connectivity index (χ0n) is 15.5. The second kappa shape index (κ2) is 7.43. The number of carbonyl (C=O) groups excluding carboxylic acids is 2. The van der Waals surface area contributed by atoms with Gasteiger partial charge in [0.25, 0.3) is 21.8 Å². The van der Waals surface area contributed by atoms with Crippen molar-refractivity contribution in [3.05, 3.63) is 87.4 Å². The van der Waals surface area contributed by atoms with E-state index in [4.69, 9.17) is 23.2 Å². The average molecular weight is 461 g/mol. The SMILES string of the molecule is Cc1cc(NS(=O)(=O)c2ccc(Cl)cc2)ccc1N1C(=O)c2ccc(Cl)cc2C1=O. The van der Waals surface area contributed by atoms with Gasteiger partial charge in [0, 0.05) is 15.7 Å². The molecule has 0 saturated heterocycles. The highest BCUT2D eigenvalue weighted by atomic mass is 35.5. The summed E-state index contributed by atoms with van der Waals surface area (Å²) in [6, 6.07) is 14.9. The van der Waals surface area contributed by atoms with Crippen molar-refractivity contribution < 1.29 is 18.0 Å². The van der Waals surface area contributed by atoms with E-state index >= 15 is 0 Å². The van der Waals surface area contributed by atoms with Crippen LogP contribution in [0.4, 0.5) is 11.4 Å². The van der Waals surface area contributed by atoms with E-state index in [0.29, 0.717) is 27.0 Å². The van der Waals surface area contributed by atoms with Crippen molar-refractivity contribution in [1.29, 1.82) is 0 Å². The normalized spacial score (nSPS) is 13.5. The molecular formula is C21H14Cl2N2O4S. The van der Waals surface area contributed by atoms with E-state index in [-0.39, 0.29) is 16.0 Å². The third kappa shape index (κ3) is 3.56. The first-order valence-corrected chi connectivity index (χ1v) is 11.0. The molecule has 1 aliphatic heterocycles. The van der Waals surface area contributed by atoms with Crippen LogP contribution in [0.3, 0.4) is 0 Å². The maximum atomic E-state index is 12.8. The van der Waals surface area contributed by atoms with Crippen molar-refractivity contribution in [2.24, 2.45) is 0 Å². The molecule has 1 heterocycles. The Hall–Kier alpha value is -2.87. The molecule has 0 spiro atoms. The van der Waals surface area contributed by atoms with Gasteiger partial charge in [-0.1, -0.05) is 23.2 Å². The van der Waals surface area contributed by atoms with Crippen LogP contribution in [0.25, 0.3) is 0 Å². The minimum absolute atomic E-state index is 0.0610. The summed E-state index contributed by atoms with van der Waals surface area (Å²) in [4.78, 5) is 26.6. The number of benzene rings is 3. The van der Waals surface area contributed by atoms with Gasteiger partial charge >= 0.3 is 0 Å². The van der Waals surface area contributed by atoms with Gasteiger partial charge in [-0.3, -0.25) is 14.3 Å². The number of anilines is 2. The number of halogens is 2. The third-order valence-corrected chi connectivity index (χ3v) is 6.55. The quantitative estimate of drug-likeness (QED) is 0.560. The Balaban J connectivity index is 1.64. The summed E-state index contributed by atoms with van der Waals surface area (Å²) in [5.41, 5.74) is 1.72. The number of aryl methyl sites for hydroxylation is 1. The minimum atomic E-state index is -3.82. The Kier molecular flexibility index (Phi) is 5.05. The summed E-state index contributed by atoms with van der Waals surface area (Å²) in [6.07, 6.45) is 0. The number of hydrogen-bond acceptors (Lipinski definition) is 4. The predicted molar refractivity (Wildman–Crippen MR) is 116 cm³/mol. The Morgan fingerprint density at radius 3 is 2.10 bits per heavy atom. The molecule has 4 rings (SSSR count). The molecule has 9 heteroatoms. The predicted octanol–water partition coefficient (Wildman–Crippen LogP) is 4.90. The molecule has 152 valence electrons. The monoisotopic (exact) mass is 460 g/mol. The van der Waals surface area contributed by atoms with E-state index in [2.05, 4.69) is 4.72 Å². The molecule has 6 nitrogen and oxygen atoms in total. The van der Waals surface area contributed by atoms with Crippen molar-refractivity contribution in [2.45, 2.75) is 11.8 Å². The smallest absolute Gasteiger partial charge is 0.266 e. The number of rotatable bonds is 4. The van der Waals surface area contributed by atoms with Gasteiger partial charge < -0.3 is 0 Å². The molecule has 1 aliphatic rings. The van der Waals surface area contributed by atoms with Crippen molar-refractivity contribution >= 4 is 56.4 Å². The first-order valence-electron chi connectivity index (χ1n) is 8.75. The van der Waals surface area contributed by atoms with Gasteiger partial charge in [-0.05, 0) is 73.2 Å². The van der Waals surface area contributed by atoms with Crippen LogP contribution in [0.1, 0.15) is 26.3 Å². The fourth-order valence-corrected chi connectivity index (χ4v) is 4.58. The maximum absolute atomic E-state index is 12.8. The van der Waals surface area contributed by atoms with Gasteiger partial charge in [-0.2, -0.15) is 0 Å². The second-order valence-electron chi connectivity index (χ2n) is 6.70. The molecule has 0 saturated carbocycles. The second-order valence-corrected chi connectivity index (χ2v) is 9.25. The molecule has 0 atom stereocenters. The van der Waals surface area contributed by atoms with E-state index < -0.39 is 21.8 Å². The highest BCUT2D eigenvalue weighted by molar-refractivity contribution is 7.92. The van der Waals surface area contributed by atoms with Crippen LogP contribution in [0, 0.1) is 6.92 Å². The number of carbonyl (C=O) groups is 2. The molecular weight excluding hydrogens is 447 g/mol. The molecule has 30 heavy (non-hydrogen) atoms. The highest BCUT2D eigenvalue weighted by Gasteiger charge is 2.37. The van der Waals surface area contributed by atoms with Crippen molar-refractivity contribution in [3.63, 3.8) is 0 Å². The number of fused-ring (bicyclic) bond motifs is 1. The molecule has 0 aromatic heterocycles. The van der Waals surface area contributed by atoms with Crippen LogP contribution >= 0.6 is 23.2 Å². The Labute approximate surface area is 183 Å². The molecule has 1 N–H and O–H groups in total. The lowest BCUT2D eigenvalue weighted by molar-refractivity contribution is 0.0926. The van der Waals surface area contributed by atoms with E-state index in [9.17, 15) is 18.0 Å². The highest BCUT2D eigenvalue weighted by Crippen LogP contribution is 2.33. The van der Waals surface area contributed by atoms with Crippen molar-refractivity contribution in [3.8, 4) is 0 Å². The number of hydrogen-bond donors (Lipinski definition) is 1. The fraction of sp³-hybridized carbons (Fsp3) is 0.0476. The third-order valence-electron chi connectivity index (χ3n) is 4.66. The fourth-order valence-electron chi connectivity index (χ4n) is 3.23. The zero-order chi connectivity index (χ0) is 21.6. The van der Waals surface area contributed by atoms with Gasteiger partial charge in [-0.15, -0.1) is 0 Å². The molecule has 0 bridgehead atoms. The number of amides is 2. The zero-order valence-corrected chi connectivity index (χ0v) is 17.8. The summed E-state index contributed by atoms with van der Waals surface area (Å²) >= 11 is 11.8. The molecule has 0 fully saturated rings. The van der Waals surface area contributed by atoms with Crippen molar-refractivity contribution in [1.82, 2.24) is 0 Å². The Morgan fingerprint density at radius 2 is 1.43 bits per heavy atom. The summed E-state index contributed by atoms with van der Waals surface area (Å²) in [5, 5.41) is 0.789. The van der Waals surface area contributed by atoms with E-state index in [1.54, 1.807) is 19.1 Å². The molecule has 3 aromatic carbocycles. The van der Waals surface area contributed by atoms with Crippen LogP contribution in [-0.2, 0) is 10.0 Å². The number of imide groups is 1. The van der Waals surface area contributed by atoms with Gasteiger partial charge in [0.15, 0.2) is 0 Å². The lowest BCUT2D eigenvalue weighted by Crippen LogP contribution is -2.30. The first-order chi connectivity index (χ1) is 14.2. The lowest BCUT2D eigenvalue weighted by Gasteiger charge is -2.18. The number of nitrogens with zero attached hydrogens (tertiary/aromatic N) is 1. The van der Waals surface area contributed by atoms with Gasteiger partial charge in [0.1, 0.15) is 0 Å². The lowest BCUT2D eigenvalue weighted by atomic mass is 10.1. The maximum Gasteiger partial charge on any atom is 0.266 e. The van der Waals surface area contributed by atoms with E-state index in [1.807, 2.05) is 0 Å². The topological polar surface area (TPSA) is 83.6 Å². The summed E-state index contributed by atoms with van der Waals surface area (Å²) in [5.74, 6) is -0.931. The first kappa shape index (κ1) is 20.4. The van der Waals surface area contributed by atoms with Gasteiger partial charge in [-0.25, -0.2) is 13.3 Å². The van der Waals surface area contributed by atoms with Crippen LogP contribution in [0.5, 0.6) is 0 Å². The van der Waals surface area contributed by atoms with Crippen molar-refractivity contribution in [2.75, 3.05) is 9.62 Å². The van der Waals surface area contributed by atoms with Crippen LogP contribution in [0.15, 0.2) is 65.6 Å². The van der Waals surface area contributed by atoms with Crippen LogP contribution < -0.4 is 9.62 Å². The largest absolute Gasteiger partial charge is 0.280 e. The number of nitrogens with one attached hydrogen (secondary N) is 1. The Bertz CT molecular complexity index is 1310. The van der Waals surface area contributed by atoms with Gasteiger partial charge in [0.05, 0.1) is 21.7 Å². The van der Waals surface area contributed by atoms with Gasteiger partial charge in [0.2, 0.25) is 0 Å².